The molecule has 0 radical (unpaired) electrons. The summed E-state index contributed by atoms with van der Waals surface area (Å²) in [6.45, 7) is 9.22. The number of nitrogens with one attached hydrogen (secondary N) is 1. The summed E-state index contributed by atoms with van der Waals surface area (Å²) in [6.07, 6.45) is 1.84. The zero-order chi connectivity index (χ0) is 15.8. The summed E-state index contributed by atoms with van der Waals surface area (Å²) < 4.78 is 13.6. The van der Waals surface area contributed by atoms with Crippen molar-refractivity contribution >= 4 is 5.91 Å². The largest absolute Gasteiger partial charge is 0.508 e. The molecule has 1 amide bonds. The van der Waals surface area contributed by atoms with E-state index in [9.17, 15) is 9.18 Å². The van der Waals surface area contributed by atoms with Gasteiger partial charge in [-0.25, -0.2) is 4.39 Å². The van der Waals surface area contributed by atoms with Crippen molar-refractivity contribution in [2.75, 3.05) is 19.6 Å². The molecule has 2 N–H and O–H groups in total. The molecule has 0 aliphatic carbocycles. The molecule has 1 atom stereocenters. The summed E-state index contributed by atoms with van der Waals surface area (Å²) in [5, 5.41) is 11.9. The molecule has 0 aliphatic heterocycles. The molecule has 4 nitrogen and oxygen atoms in total. The third-order valence-corrected chi connectivity index (χ3v) is 3.58. The normalized spacial score (nSPS) is 12.4. The van der Waals surface area contributed by atoms with E-state index in [-0.39, 0.29) is 17.4 Å². The van der Waals surface area contributed by atoms with Crippen molar-refractivity contribution in [1.29, 1.82) is 0 Å². The van der Waals surface area contributed by atoms with Gasteiger partial charge in [0.15, 0.2) is 0 Å². The van der Waals surface area contributed by atoms with Crippen molar-refractivity contribution in [3.8, 4) is 5.75 Å². The number of benzene rings is 1. The smallest absolute Gasteiger partial charge is 0.254 e. The van der Waals surface area contributed by atoms with Gasteiger partial charge in [0.1, 0.15) is 11.6 Å². The first-order chi connectivity index (χ1) is 9.97. The average Bonchev–Trinajstić information content (AvgIpc) is 2.43. The summed E-state index contributed by atoms with van der Waals surface area (Å²) >= 11 is 0. The monoisotopic (exact) mass is 296 g/mol. The van der Waals surface area contributed by atoms with Gasteiger partial charge >= 0.3 is 0 Å². The number of aromatic hydroxyl groups is 1. The number of carbonyl (C=O) groups is 1. The lowest BCUT2D eigenvalue weighted by Crippen LogP contribution is -2.34. The number of amides is 1. The number of hydrogen-bond acceptors (Lipinski definition) is 3. The highest BCUT2D eigenvalue weighted by atomic mass is 19.1. The van der Waals surface area contributed by atoms with Crippen LogP contribution >= 0.6 is 0 Å². The maximum absolute atomic E-state index is 13.6. The van der Waals surface area contributed by atoms with Crippen molar-refractivity contribution < 1.29 is 14.3 Å². The first-order valence-corrected chi connectivity index (χ1v) is 7.49. The van der Waals surface area contributed by atoms with Gasteiger partial charge < -0.3 is 15.3 Å². The lowest BCUT2D eigenvalue weighted by Gasteiger charge is -2.19. The van der Waals surface area contributed by atoms with E-state index in [1.807, 2.05) is 6.92 Å². The Morgan fingerprint density at radius 2 is 2.05 bits per heavy atom. The highest BCUT2D eigenvalue weighted by molar-refractivity contribution is 5.94. The van der Waals surface area contributed by atoms with Crippen LogP contribution in [0.4, 0.5) is 4.39 Å². The van der Waals surface area contributed by atoms with Crippen molar-refractivity contribution in [3.63, 3.8) is 0 Å². The summed E-state index contributed by atoms with van der Waals surface area (Å²) in [5.41, 5.74) is -0.0385. The molecule has 0 spiro atoms. The van der Waals surface area contributed by atoms with Crippen LogP contribution in [0.3, 0.4) is 0 Å². The van der Waals surface area contributed by atoms with Gasteiger partial charge in [-0.2, -0.15) is 0 Å². The van der Waals surface area contributed by atoms with Crippen molar-refractivity contribution in [2.24, 2.45) is 0 Å². The SMILES string of the molecule is CCN(CC)CCCC(C)NC(=O)c1ccc(O)cc1F. The van der Waals surface area contributed by atoms with Crippen LogP contribution in [0, 0.1) is 5.82 Å². The quantitative estimate of drug-likeness (QED) is 0.775. The van der Waals surface area contributed by atoms with Crippen LogP contribution in [0.5, 0.6) is 5.75 Å². The molecule has 0 saturated carbocycles. The van der Waals surface area contributed by atoms with Gasteiger partial charge in [0.2, 0.25) is 0 Å². The van der Waals surface area contributed by atoms with Gasteiger partial charge in [-0.1, -0.05) is 13.8 Å². The topological polar surface area (TPSA) is 52.6 Å². The molecule has 21 heavy (non-hydrogen) atoms. The van der Waals surface area contributed by atoms with Crippen LogP contribution in [0.1, 0.15) is 44.0 Å². The second-order valence-electron chi connectivity index (χ2n) is 5.21. The standard InChI is InChI=1S/C16H25FN2O2/c1-4-19(5-2)10-6-7-12(3)18-16(21)14-9-8-13(20)11-15(14)17/h8-9,11-12,20H,4-7,10H2,1-3H3,(H,18,21). The molecule has 0 heterocycles. The van der Waals surface area contributed by atoms with E-state index in [1.54, 1.807) is 0 Å². The Hall–Kier alpha value is -1.62. The van der Waals surface area contributed by atoms with Crippen LogP contribution in [0.2, 0.25) is 0 Å². The molecule has 1 unspecified atom stereocenters. The minimum atomic E-state index is -0.706. The van der Waals surface area contributed by atoms with E-state index in [1.165, 1.54) is 12.1 Å². The van der Waals surface area contributed by atoms with E-state index < -0.39 is 11.7 Å². The zero-order valence-corrected chi connectivity index (χ0v) is 13.0. The molecule has 118 valence electrons. The molecular formula is C16H25FN2O2. The Bertz CT molecular complexity index is 462. The Balaban J connectivity index is 2.43. The molecular weight excluding hydrogens is 271 g/mol. The molecule has 0 fully saturated rings. The molecule has 0 aliphatic rings. The van der Waals surface area contributed by atoms with Crippen LogP contribution in [0.25, 0.3) is 0 Å². The van der Waals surface area contributed by atoms with Gasteiger partial charge in [-0.15, -0.1) is 0 Å². The first kappa shape index (κ1) is 17.4. The minimum Gasteiger partial charge on any atom is -0.508 e. The highest BCUT2D eigenvalue weighted by Gasteiger charge is 2.14. The molecule has 1 rings (SSSR count). The molecule has 1 aromatic carbocycles. The zero-order valence-electron chi connectivity index (χ0n) is 13.0. The van der Waals surface area contributed by atoms with Gasteiger partial charge in [-0.05, 0) is 51.5 Å². The summed E-state index contributed by atoms with van der Waals surface area (Å²) in [7, 11) is 0. The van der Waals surface area contributed by atoms with Gasteiger partial charge in [0.05, 0.1) is 5.56 Å². The third kappa shape index (κ3) is 5.71. The van der Waals surface area contributed by atoms with Crippen molar-refractivity contribution in [3.05, 3.63) is 29.6 Å². The van der Waals surface area contributed by atoms with Crippen LogP contribution in [0.15, 0.2) is 18.2 Å². The number of phenols is 1. The lowest BCUT2D eigenvalue weighted by molar-refractivity contribution is 0.0933. The number of nitrogens with zero attached hydrogens (tertiary/aromatic N) is 1. The Kier molecular flexibility index (Phi) is 7.15. The van der Waals surface area contributed by atoms with E-state index in [4.69, 9.17) is 5.11 Å². The van der Waals surface area contributed by atoms with Crippen molar-refractivity contribution in [1.82, 2.24) is 10.2 Å². The van der Waals surface area contributed by atoms with E-state index in [0.717, 1.165) is 38.5 Å². The fourth-order valence-corrected chi connectivity index (χ4v) is 2.22. The maximum Gasteiger partial charge on any atom is 0.254 e. The molecule has 1 aromatic rings. The van der Waals surface area contributed by atoms with E-state index >= 15 is 0 Å². The summed E-state index contributed by atoms with van der Waals surface area (Å²) in [5.74, 6) is -1.33. The Labute approximate surface area is 126 Å². The second kappa shape index (κ2) is 8.62. The predicted molar refractivity (Wildman–Crippen MR) is 82.0 cm³/mol. The number of carbonyl (C=O) groups excluding carboxylic acids is 1. The predicted octanol–water partition coefficient (Wildman–Crippen LogP) is 2.77. The third-order valence-electron chi connectivity index (χ3n) is 3.58. The number of rotatable bonds is 8. The van der Waals surface area contributed by atoms with Crippen LogP contribution in [-0.2, 0) is 0 Å². The second-order valence-corrected chi connectivity index (χ2v) is 5.21. The van der Waals surface area contributed by atoms with Crippen LogP contribution in [-0.4, -0.2) is 41.6 Å². The first-order valence-electron chi connectivity index (χ1n) is 7.49. The highest BCUT2D eigenvalue weighted by Crippen LogP contribution is 2.15. The number of halogens is 1. The van der Waals surface area contributed by atoms with Gasteiger partial charge in [0.25, 0.3) is 5.91 Å². The van der Waals surface area contributed by atoms with Gasteiger partial charge in [-0.3, -0.25) is 4.79 Å². The summed E-state index contributed by atoms with van der Waals surface area (Å²) in [4.78, 5) is 14.3. The number of phenolic OH excluding ortho intramolecular Hbond substituents is 1. The molecule has 0 saturated heterocycles. The molecule has 0 bridgehead atoms. The van der Waals surface area contributed by atoms with Crippen molar-refractivity contribution in [2.45, 2.75) is 39.7 Å². The van der Waals surface area contributed by atoms with E-state index in [0.29, 0.717) is 0 Å². The van der Waals surface area contributed by atoms with Gasteiger partial charge in [0, 0.05) is 12.1 Å². The minimum absolute atomic E-state index is 0.0127. The lowest BCUT2D eigenvalue weighted by atomic mass is 10.1. The van der Waals surface area contributed by atoms with Crippen LogP contribution < -0.4 is 5.32 Å². The Morgan fingerprint density at radius 3 is 2.62 bits per heavy atom. The maximum atomic E-state index is 13.6. The summed E-state index contributed by atoms with van der Waals surface area (Å²) in [6, 6.07) is 3.53. The fraction of sp³-hybridized carbons (Fsp3) is 0.562. The fourth-order valence-electron chi connectivity index (χ4n) is 2.22. The average molecular weight is 296 g/mol. The molecule has 0 aromatic heterocycles. The number of hydrogen-bond donors (Lipinski definition) is 2. The Morgan fingerprint density at radius 1 is 1.38 bits per heavy atom. The molecule has 5 heteroatoms. The van der Waals surface area contributed by atoms with E-state index in [2.05, 4.69) is 24.1 Å².